The third-order valence-electron chi connectivity index (χ3n) is 3.77. The number of carbonyl (C=O) groups is 2. The summed E-state index contributed by atoms with van der Waals surface area (Å²) in [5, 5.41) is 10.1. The quantitative estimate of drug-likeness (QED) is 0.696. The van der Waals surface area contributed by atoms with Gasteiger partial charge >= 0.3 is 0 Å². The second kappa shape index (κ2) is 7.88. The number of furan rings is 1. The number of amides is 2. The molecular formula is C18H17ClN4O3. The first-order valence-corrected chi connectivity index (χ1v) is 8.26. The van der Waals surface area contributed by atoms with E-state index in [1.54, 1.807) is 43.4 Å². The Hall–Kier alpha value is -3.06. The van der Waals surface area contributed by atoms with E-state index in [2.05, 4.69) is 15.5 Å². The zero-order chi connectivity index (χ0) is 18.5. The second-order valence-corrected chi connectivity index (χ2v) is 6.12. The number of halogens is 1. The van der Waals surface area contributed by atoms with Crippen molar-refractivity contribution in [3.05, 3.63) is 65.2 Å². The highest BCUT2D eigenvalue weighted by Gasteiger charge is 2.20. The van der Waals surface area contributed by atoms with Crippen molar-refractivity contribution in [1.29, 1.82) is 0 Å². The van der Waals surface area contributed by atoms with Crippen LogP contribution in [0.25, 0.3) is 11.3 Å². The molecule has 0 spiro atoms. The maximum absolute atomic E-state index is 12.7. The first kappa shape index (κ1) is 17.8. The Labute approximate surface area is 154 Å². The number of aromatic nitrogens is 2. The molecule has 0 bridgehead atoms. The highest BCUT2D eigenvalue weighted by atomic mass is 35.5. The molecule has 0 aliphatic carbocycles. The molecule has 2 heterocycles. The summed E-state index contributed by atoms with van der Waals surface area (Å²) in [5.41, 5.74) is 1.74. The molecule has 2 aromatic heterocycles. The molecule has 26 heavy (non-hydrogen) atoms. The number of nitrogens with zero attached hydrogens (tertiary/aromatic N) is 2. The van der Waals surface area contributed by atoms with Crippen molar-refractivity contribution in [3.8, 4) is 11.3 Å². The zero-order valence-corrected chi connectivity index (χ0v) is 14.8. The smallest absolute Gasteiger partial charge is 0.257 e. The molecular weight excluding hydrogens is 356 g/mol. The van der Waals surface area contributed by atoms with E-state index in [0.29, 0.717) is 22.0 Å². The van der Waals surface area contributed by atoms with Crippen molar-refractivity contribution in [3.63, 3.8) is 0 Å². The van der Waals surface area contributed by atoms with Crippen LogP contribution < -0.4 is 5.32 Å². The molecule has 0 radical (unpaired) electrons. The highest BCUT2D eigenvalue weighted by molar-refractivity contribution is 6.30. The fourth-order valence-corrected chi connectivity index (χ4v) is 2.56. The van der Waals surface area contributed by atoms with Gasteiger partial charge in [-0.3, -0.25) is 14.7 Å². The average Bonchev–Trinajstić information content (AvgIpc) is 3.31. The van der Waals surface area contributed by atoms with Gasteiger partial charge in [-0.2, -0.15) is 5.10 Å². The van der Waals surface area contributed by atoms with Gasteiger partial charge in [0.2, 0.25) is 5.91 Å². The van der Waals surface area contributed by atoms with E-state index in [9.17, 15) is 9.59 Å². The minimum absolute atomic E-state index is 0.0786. The van der Waals surface area contributed by atoms with Gasteiger partial charge in [-0.05, 0) is 24.3 Å². The third kappa shape index (κ3) is 4.12. The van der Waals surface area contributed by atoms with Crippen LogP contribution in [-0.4, -0.2) is 40.5 Å². The minimum Gasteiger partial charge on any atom is -0.467 e. The predicted molar refractivity (Wildman–Crippen MR) is 96.5 cm³/mol. The Bertz CT molecular complexity index is 888. The molecule has 0 fully saturated rings. The number of hydrogen-bond acceptors (Lipinski definition) is 4. The Kier molecular flexibility index (Phi) is 5.38. The molecule has 0 aliphatic rings. The lowest BCUT2D eigenvalue weighted by Gasteiger charge is -2.16. The van der Waals surface area contributed by atoms with E-state index in [1.165, 1.54) is 17.4 Å². The van der Waals surface area contributed by atoms with Crippen molar-refractivity contribution >= 4 is 23.4 Å². The van der Waals surface area contributed by atoms with Crippen molar-refractivity contribution < 1.29 is 14.0 Å². The molecule has 8 heteroatoms. The van der Waals surface area contributed by atoms with Crippen molar-refractivity contribution in [2.45, 2.75) is 6.54 Å². The summed E-state index contributed by atoms with van der Waals surface area (Å²) < 4.78 is 5.15. The SMILES string of the molecule is CN(CC(=O)NCc1ccco1)C(=O)c1cn[nH]c1-c1ccc(Cl)cc1. The van der Waals surface area contributed by atoms with E-state index in [4.69, 9.17) is 16.0 Å². The molecule has 0 unspecified atom stereocenters. The number of carbonyl (C=O) groups excluding carboxylic acids is 2. The summed E-state index contributed by atoms with van der Waals surface area (Å²) in [6.07, 6.45) is 2.98. The van der Waals surface area contributed by atoms with Crippen molar-refractivity contribution in [2.24, 2.45) is 0 Å². The Morgan fingerprint density at radius 1 is 1.27 bits per heavy atom. The fourth-order valence-electron chi connectivity index (χ4n) is 2.43. The van der Waals surface area contributed by atoms with Gasteiger partial charge in [-0.15, -0.1) is 0 Å². The van der Waals surface area contributed by atoms with Crippen molar-refractivity contribution in [1.82, 2.24) is 20.4 Å². The van der Waals surface area contributed by atoms with Crippen LogP contribution in [-0.2, 0) is 11.3 Å². The van der Waals surface area contributed by atoms with Crippen molar-refractivity contribution in [2.75, 3.05) is 13.6 Å². The topological polar surface area (TPSA) is 91.2 Å². The largest absolute Gasteiger partial charge is 0.467 e. The zero-order valence-electron chi connectivity index (χ0n) is 14.0. The Morgan fingerprint density at radius 2 is 2.04 bits per heavy atom. The fraction of sp³-hybridized carbons (Fsp3) is 0.167. The number of rotatable bonds is 6. The molecule has 1 aromatic carbocycles. The normalized spacial score (nSPS) is 10.5. The molecule has 134 valence electrons. The van der Waals surface area contributed by atoms with Crippen LogP contribution in [0, 0.1) is 0 Å². The lowest BCUT2D eigenvalue weighted by Crippen LogP contribution is -2.38. The molecule has 0 saturated carbocycles. The van der Waals surface area contributed by atoms with Gasteiger partial charge in [-0.25, -0.2) is 0 Å². The standard InChI is InChI=1S/C18H17ClN4O3/c1-23(11-16(24)20-9-14-3-2-8-26-14)18(25)15-10-21-22-17(15)12-4-6-13(19)7-5-12/h2-8,10H,9,11H2,1H3,(H,20,24)(H,21,22). The van der Waals surface area contributed by atoms with E-state index in [1.807, 2.05) is 0 Å². The number of aromatic amines is 1. The van der Waals surface area contributed by atoms with E-state index in [0.717, 1.165) is 5.56 Å². The predicted octanol–water partition coefficient (Wildman–Crippen LogP) is 2.71. The van der Waals surface area contributed by atoms with Crippen LogP contribution in [0.4, 0.5) is 0 Å². The van der Waals surface area contributed by atoms with Crippen LogP contribution in [0.15, 0.2) is 53.3 Å². The van der Waals surface area contributed by atoms with E-state index in [-0.39, 0.29) is 24.9 Å². The first-order chi connectivity index (χ1) is 12.5. The molecule has 3 rings (SSSR count). The van der Waals surface area contributed by atoms with Crippen LogP contribution in [0.5, 0.6) is 0 Å². The van der Waals surface area contributed by atoms with E-state index >= 15 is 0 Å². The molecule has 3 aromatic rings. The second-order valence-electron chi connectivity index (χ2n) is 5.68. The summed E-state index contributed by atoms with van der Waals surface area (Å²) in [6, 6.07) is 10.6. The highest BCUT2D eigenvalue weighted by Crippen LogP contribution is 2.23. The lowest BCUT2D eigenvalue weighted by atomic mass is 10.1. The third-order valence-corrected chi connectivity index (χ3v) is 4.02. The summed E-state index contributed by atoms with van der Waals surface area (Å²) in [6.45, 7) is 0.195. The molecule has 0 saturated heterocycles. The molecule has 7 nitrogen and oxygen atoms in total. The monoisotopic (exact) mass is 372 g/mol. The molecule has 0 atom stereocenters. The summed E-state index contributed by atoms with van der Waals surface area (Å²) in [4.78, 5) is 26.0. The van der Waals surface area contributed by atoms with Gasteiger partial charge in [0.1, 0.15) is 5.76 Å². The van der Waals surface area contributed by atoms with Gasteiger partial charge in [0.05, 0.1) is 36.8 Å². The Morgan fingerprint density at radius 3 is 2.73 bits per heavy atom. The molecule has 0 aliphatic heterocycles. The maximum atomic E-state index is 12.7. The number of nitrogens with one attached hydrogen (secondary N) is 2. The van der Waals surface area contributed by atoms with Gasteiger partial charge in [0.15, 0.2) is 0 Å². The first-order valence-electron chi connectivity index (χ1n) is 7.88. The van der Waals surface area contributed by atoms with Crippen LogP contribution >= 0.6 is 11.6 Å². The molecule has 2 amide bonds. The average molecular weight is 373 g/mol. The van der Waals surface area contributed by atoms with Crippen LogP contribution in [0.1, 0.15) is 16.1 Å². The number of hydrogen-bond donors (Lipinski definition) is 2. The van der Waals surface area contributed by atoms with Gasteiger partial charge < -0.3 is 14.6 Å². The van der Waals surface area contributed by atoms with Gasteiger partial charge in [0.25, 0.3) is 5.91 Å². The number of benzene rings is 1. The van der Waals surface area contributed by atoms with Crippen LogP contribution in [0.3, 0.4) is 0 Å². The van der Waals surface area contributed by atoms with Gasteiger partial charge in [-0.1, -0.05) is 23.7 Å². The number of H-pyrrole nitrogens is 1. The number of likely N-dealkylation sites (N-methyl/N-ethyl adjacent to an activating group) is 1. The van der Waals surface area contributed by atoms with E-state index < -0.39 is 0 Å². The van der Waals surface area contributed by atoms with Gasteiger partial charge in [0, 0.05) is 17.6 Å². The minimum atomic E-state index is -0.308. The Balaban J connectivity index is 1.64. The van der Waals surface area contributed by atoms with Crippen LogP contribution in [0.2, 0.25) is 5.02 Å². The summed E-state index contributed by atoms with van der Waals surface area (Å²) in [5.74, 6) is 0.0535. The molecule has 2 N–H and O–H groups in total. The lowest BCUT2D eigenvalue weighted by molar-refractivity contribution is -0.121. The summed E-state index contributed by atoms with van der Waals surface area (Å²) >= 11 is 5.90. The summed E-state index contributed by atoms with van der Waals surface area (Å²) in [7, 11) is 1.56. The maximum Gasteiger partial charge on any atom is 0.257 e.